The third-order valence-electron chi connectivity index (χ3n) is 3.22. The topological polar surface area (TPSA) is 26.0 Å². The number of thiophene rings is 1. The number of nitrogens with two attached hydrogens (primary N) is 1. The summed E-state index contributed by atoms with van der Waals surface area (Å²) in [5.74, 6) is -1.27. The summed E-state index contributed by atoms with van der Waals surface area (Å²) in [6.07, 6.45) is 0. The summed E-state index contributed by atoms with van der Waals surface area (Å²) in [4.78, 5) is 0. The zero-order valence-electron chi connectivity index (χ0n) is 10.2. The lowest BCUT2D eigenvalue weighted by Gasteiger charge is -2.13. The first kappa shape index (κ1) is 13.5. The molecule has 0 spiro atoms. The molecule has 0 fully saturated rings. The Labute approximate surface area is 123 Å². The summed E-state index contributed by atoms with van der Waals surface area (Å²) >= 11 is 7.08. The molecule has 0 aliphatic heterocycles. The van der Waals surface area contributed by atoms with Gasteiger partial charge in [0.2, 0.25) is 0 Å². The Hall–Kier alpha value is -1.49. The van der Waals surface area contributed by atoms with E-state index in [0.29, 0.717) is 0 Å². The number of benzene rings is 2. The van der Waals surface area contributed by atoms with E-state index in [9.17, 15) is 8.78 Å². The van der Waals surface area contributed by atoms with Gasteiger partial charge in [-0.05, 0) is 34.5 Å². The number of rotatable bonds is 2. The van der Waals surface area contributed by atoms with E-state index >= 15 is 0 Å². The van der Waals surface area contributed by atoms with Crippen LogP contribution in [-0.2, 0) is 0 Å². The van der Waals surface area contributed by atoms with Crippen LogP contribution in [0.25, 0.3) is 10.1 Å². The number of hydrogen-bond donors (Lipinski definition) is 1. The molecule has 3 aromatic rings. The van der Waals surface area contributed by atoms with Crippen molar-refractivity contribution in [2.45, 2.75) is 6.04 Å². The summed E-state index contributed by atoms with van der Waals surface area (Å²) in [7, 11) is 0. The predicted molar refractivity (Wildman–Crippen MR) is 79.2 cm³/mol. The molecule has 3 rings (SSSR count). The van der Waals surface area contributed by atoms with Gasteiger partial charge in [0.1, 0.15) is 11.6 Å². The fourth-order valence-corrected chi connectivity index (χ4v) is 3.33. The van der Waals surface area contributed by atoms with Gasteiger partial charge in [-0.1, -0.05) is 29.8 Å². The molecule has 2 N–H and O–H groups in total. The van der Waals surface area contributed by atoms with Crippen molar-refractivity contribution in [1.82, 2.24) is 0 Å². The second kappa shape index (κ2) is 5.13. The smallest absolute Gasteiger partial charge is 0.142 e. The van der Waals surface area contributed by atoms with Crippen molar-refractivity contribution in [1.29, 1.82) is 0 Å². The first-order valence-electron chi connectivity index (χ1n) is 5.94. The Bertz CT molecular complexity index is 785. The average molecular weight is 310 g/mol. The molecule has 0 bridgehead atoms. The van der Waals surface area contributed by atoms with Gasteiger partial charge in [-0.25, -0.2) is 8.78 Å². The third kappa shape index (κ3) is 2.20. The number of halogens is 3. The lowest BCUT2D eigenvalue weighted by molar-refractivity contribution is 0.577. The van der Waals surface area contributed by atoms with E-state index in [0.717, 1.165) is 27.8 Å². The van der Waals surface area contributed by atoms with Gasteiger partial charge in [0.05, 0.1) is 11.1 Å². The van der Waals surface area contributed by atoms with Crippen LogP contribution >= 0.6 is 22.9 Å². The first-order valence-corrected chi connectivity index (χ1v) is 7.20. The van der Waals surface area contributed by atoms with Gasteiger partial charge in [-0.3, -0.25) is 0 Å². The molecule has 5 heteroatoms. The van der Waals surface area contributed by atoms with Crippen LogP contribution in [0, 0.1) is 11.6 Å². The lowest BCUT2D eigenvalue weighted by Crippen LogP contribution is -2.13. The maximum Gasteiger partial charge on any atom is 0.142 e. The van der Waals surface area contributed by atoms with E-state index in [1.165, 1.54) is 11.3 Å². The Morgan fingerprint density at radius 1 is 1.05 bits per heavy atom. The summed E-state index contributed by atoms with van der Waals surface area (Å²) in [5.41, 5.74) is 6.99. The van der Waals surface area contributed by atoms with Crippen molar-refractivity contribution in [3.05, 3.63) is 69.6 Å². The van der Waals surface area contributed by atoms with Crippen molar-refractivity contribution >= 4 is 33.0 Å². The van der Waals surface area contributed by atoms with Crippen LogP contribution in [-0.4, -0.2) is 0 Å². The summed E-state index contributed by atoms with van der Waals surface area (Å²) in [6, 6.07) is 9.01. The molecule has 1 heterocycles. The standard InChI is InChI=1S/C15H10ClF2NS/c16-11-6-12(17)9(5-13(11)18)15(19)10-7-20-14-4-2-1-3-8(10)14/h1-7,15H,19H2. The van der Waals surface area contributed by atoms with Crippen LogP contribution in [0.2, 0.25) is 5.02 Å². The highest BCUT2D eigenvalue weighted by Crippen LogP contribution is 2.34. The van der Waals surface area contributed by atoms with Crippen molar-refractivity contribution in [2.24, 2.45) is 5.73 Å². The van der Waals surface area contributed by atoms with E-state index in [1.807, 2.05) is 29.6 Å². The van der Waals surface area contributed by atoms with Gasteiger partial charge in [0, 0.05) is 10.3 Å². The van der Waals surface area contributed by atoms with Crippen LogP contribution in [0.15, 0.2) is 41.8 Å². The molecule has 20 heavy (non-hydrogen) atoms. The molecular weight excluding hydrogens is 300 g/mol. The second-order valence-electron chi connectivity index (χ2n) is 4.45. The van der Waals surface area contributed by atoms with Crippen LogP contribution < -0.4 is 5.73 Å². The maximum absolute atomic E-state index is 13.9. The Morgan fingerprint density at radius 3 is 2.60 bits per heavy atom. The molecule has 0 amide bonds. The highest BCUT2D eigenvalue weighted by atomic mass is 35.5. The molecule has 102 valence electrons. The van der Waals surface area contributed by atoms with Crippen LogP contribution in [0.4, 0.5) is 8.78 Å². The highest BCUT2D eigenvalue weighted by molar-refractivity contribution is 7.17. The number of hydrogen-bond acceptors (Lipinski definition) is 2. The predicted octanol–water partition coefficient (Wildman–Crippen LogP) is 4.88. The second-order valence-corrected chi connectivity index (χ2v) is 5.77. The first-order chi connectivity index (χ1) is 9.58. The van der Waals surface area contributed by atoms with E-state index < -0.39 is 17.7 Å². The third-order valence-corrected chi connectivity index (χ3v) is 4.49. The van der Waals surface area contributed by atoms with Gasteiger partial charge >= 0.3 is 0 Å². The normalized spacial score (nSPS) is 12.8. The lowest BCUT2D eigenvalue weighted by atomic mass is 9.98. The van der Waals surface area contributed by atoms with E-state index in [2.05, 4.69) is 0 Å². The molecule has 0 aliphatic carbocycles. The van der Waals surface area contributed by atoms with E-state index in [1.54, 1.807) is 0 Å². The van der Waals surface area contributed by atoms with E-state index in [-0.39, 0.29) is 10.6 Å². The average Bonchev–Trinajstić information content (AvgIpc) is 2.86. The molecule has 1 nitrogen and oxygen atoms in total. The van der Waals surface area contributed by atoms with Crippen LogP contribution in [0.3, 0.4) is 0 Å². The highest BCUT2D eigenvalue weighted by Gasteiger charge is 2.19. The number of fused-ring (bicyclic) bond motifs is 1. The molecule has 0 saturated heterocycles. The monoisotopic (exact) mass is 309 g/mol. The Balaban J connectivity index is 2.13. The van der Waals surface area contributed by atoms with Gasteiger partial charge in [-0.15, -0.1) is 11.3 Å². The SMILES string of the molecule is NC(c1cc(F)c(Cl)cc1F)c1csc2ccccc12. The molecule has 2 aromatic carbocycles. The van der Waals surface area contributed by atoms with Crippen molar-refractivity contribution in [3.8, 4) is 0 Å². The van der Waals surface area contributed by atoms with Crippen molar-refractivity contribution < 1.29 is 8.78 Å². The summed E-state index contributed by atoms with van der Waals surface area (Å²) < 4.78 is 28.5. The van der Waals surface area contributed by atoms with Crippen molar-refractivity contribution in [3.63, 3.8) is 0 Å². The molecule has 0 saturated carbocycles. The fourth-order valence-electron chi connectivity index (χ4n) is 2.18. The van der Waals surface area contributed by atoms with Gasteiger partial charge in [0.25, 0.3) is 0 Å². The molecule has 1 atom stereocenters. The zero-order chi connectivity index (χ0) is 14.3. The molecule has 1 aromatic heterocycles. The zero-order valence-corrected chi connectivity index (χ0v) is 11.8. The molecule has 0 radical (unpaired) electrons. The molecular formula is C15H10ClF2NS. The minimum Gasteiger partial charge on any atom is -0.320 e. The van der Waals surface area contributed by atoms with Crippen molar-refractivity contribution in [2.75, 3.05) is 0 Å². The van der Waals surface area contributed by atoms with Crippen LogP contribution in [0.1, 0.15) is 17.2 Å². The molecule has 0 aliphatic rings. The van der Waals surface area contributed by atoms with Gasteiger partial charge in [-0.2, -0.15) is 0 Å². The summed E-state index contributed by atoms with van der Waals surface area (Å²) in [5, 5.41) is 2.59. The van der Waals surface area contributed by atoms with Crippen LogP contribution in [0.5, 0.6) is 0 Å². The molecule has 1 unspecified atom stereocenters. The minimum atomic E-state index is -0.724. The Morgan fingerprint density at radius 2 is 1.80 bits per heavy atom. The largest absolute Gasteiger partial charge is 0.320 e. The fraction of sp³-hybridized carbons (Fsp3) is 0.0667. The minimum absolute atomic E-state index is 0.107. The van der Waals surface area contributed by atoms with Gasteiger partial charge < -0.3 is 5.73 Å². The summed E-state index contributed by atoms with van der Waals surface area (Å²) in [6.45, 7) is 0. The van der Waals surface area contributed by atoms with Gasteiger partial charge in [0.15, 0.2) is 0 Å². The Kier molecular flexibility index (Phi) is 3.46. The quantitative estimate of drug-likeness (QED) is 0.671. The van der Waals surface area contributed by atoms with E-state index in [4.69, 9.17) is 17.3 Å². The maximum atomic E-state index is 13.9.